The predicted octanol–water partition coefficient (Wildman–Crippen LogP) is 3.51. The molecule has 0 aliphatic carbocycles. The van der Waals surface area contributed by atoms with E-state index >= 15 is 0 Å². The highest BCUT2D eigenvalue weighted by atomic mass is 32.2. The van der Waals surface area contributed by atoms with Crippen LogP contribution in [0.4, 0.5) is 11.4 Å². The number of amides is 2. The smallest absolute Gasteiger partial charge is 0.258 e. The number of hydrogen-bond acceptors (Lipinski definition) is 7. The minimum absolute atomic E-state index is 0.0200. The average molecular weight is 412 g/mol. The van der Waals surface area contributed by atoms with Gasteiger partial charge in [0.15, 0.2) is 0 Å². The molecule has 0 saturated heterocycles. The molecule has 2 N–H and O–H groups in total. The van der Waals surface area contributed by atoms with Crippen molar-refractivity contribution in [2.45, 2.75) is 17.7 Å². The molecule has 150 valence electrons. The summed E-state index contributed by atoms with van der Waals surface area (Å²) < 4.78 is 9.84. The minimum Gasteiger partial charge on any atom is -0.375 e. The van der Waals surface area contributed by atoms with Crippen LogP contribution in [-0.4, -0.2) is 35.7 Å². The van der Waals surface area contributed by atoms with Crippen molar-refractivity contribution in [2.24, 2.45) is 0 Å². The molecule has 29 heavy (non-hydrogen) atoms. The van der Waals surface area contributed by atoms with Crippen molar-refractivity contribution in [1.29, 1.82) is 0 Å². The Morgan fingerprint density at radius 1 is 1.14 bits per heavy atom. The zero-order chi connectivity index (χ0) is 20.6. The van der Waals surface area contributed by atoms with Crippen LogP contribution in [-0.2, 0) is 15.3 Å². The van der Waals surface area contributed by atoms with Crippen molar-refractivity contribution in [1.82, 2.24) is 10.1 Å². The maximum Gasteiger partial charge on any atom is 0.258 e. The second-order valence-electron chi connectivity index (χ2n) is 6.09. The fourth-order valence-corrected chi connectivity index (χ4v) is 3.34. The summed E-state index contributed by atoms with van der Waals surface area (Å²) in [5, 5.41) is 10.1. The Labute approximate surface area is 172 Å². The highest BCUT2D eigenvalue weighted by Crippen LogP contribution is 2.25. The van der Waals surface area contributed by atoms with Gasteiger partial charge in [-0.2, -0.15) is 0 Å². The zero-order valence-corrected chi connectivity index (χ0v) is 16.8. The Bertz CT molecular complexity index is 988. The van der Waals surface area contributed by atoms with Crippen molar-refractivity contribution >= 4 is 35.0 Å². The Hall–Kier alpha value is -3.17. The molecule has 2 aromatic heterocycles. The second-order valence-corrected chi connectivity index (χ2v) is 7.05. The third-order valence-corrected chi connectivity index (χ3v) is 4.79. The number of pyridine rings is 1. The highest BCUT2D eigenvalue weighted by molar-refractivity contribution is 7.98. The number of anilines is 2. The van der Waals surface area contributed by atoms with E-state index in [2.05, 4.69) is 20.8 Å². The number of aryl methyl sites for hydroxylation is 1. The second kappa shape index (κ2) is 9.85. The van der Waals surface area contributed by atoms with Crippen molar-refractivity contribution in [3.05, 3.63) is 65.7 Å². The molecule has 9 heteroatoms. The minimum atomic E-state index is -0.270. The largest absolute Gasteiger partial charge is 0.375 e. The third kappa shape index (κ3) is 5.90. The summed E-state index contributed by atoms with van der Waals surface area (Å²) in [7, 11) is 1.45. The number of aromatic nitrogens is 2. The van der Waals surface area contributed by atoms with Crippen LogP contribution in [0.25, 0.3) is 0 Å². The number of carbonyl (C=O) groups excluding carboxylic acids is 2. The van der Waals surface area contributed by atoms with Crippen LogP contribution in [0.3, 0.4) is 0 Å². The number of thioether (sulfide) groups is 1. The first-order valence-corrected chi connectivity index (χ1v) is 9.74. The topological polar surface area (TPSA) is 106 Å². The third-order valence-electron chi connectivity index (χ3n) is 3.75. The van der Waals surface area contributed by atoms with Gasteiger partial charge in [-0.25, -0.2) is 4.98 Å². The summed E-state index contributed by atoms with van der Waals surface area (Å²) in [4.78, 5) is 28.6. The number of nitrogens with one attached hydrogen (secondary N) is 2. The van der Waals surface area contributed by atoms with Gasteiger partial charge in [0.2, 0.25) is 5.91 Å². The van der Waals surface area contributed by atoms with E-state index in [1.807, 2.05) is 13.0 Å². The van der Waals surface area contributed by atoms with E-state index in [1.54, 1.807) is 42.6 Å². The van der Waals surface area contributed by atoms with Crippen LogP contribution in [0.15, 0.2) is 58.2 Å². The van der Waals surface area contributed by atoms with Gasteiger partial charge in [0, 0.05) is 36.5 Å². The van der Waals surface area contributed by atoms with E-state index in [0.717, 1.165) is 11.5 Å². The standard InChI is InChI=1S/C20H20N4O4S/c1-13-10-16(24-28-13)12-29-20-17(4-3-9-21-20)19(26)23-15-7-5-14(6-8-15)22-18(25)11-27-2/h3-10H,11-12H2,1-2H3,(H,22,25)(H,23,26). The molecule has 2 amide bonds. The first-order valence-electron chi connectivity index (χ1n) is 8.75. The number of methoxy groups -OCH3 is 1. The van der Waals surface area contributed by atoms with Gasteiger partial charge in [-0.05, 0) is 43.3 Å². The molecular weight excluding hydrogens is 392 g/mol. The summed E-state index contributed by atoms with van der Waals surface area (Å²) >= 11 is 1.41. The normalized spacial score (nSPS) is 10.6. The predicted molar refractivity (Wildman–Crippen MR) is 110 cm³/mol. The van der Waals surface area contributed by atoms with Gasteiger partial charge in [0.25, 0.3) is 5.91 Å². The van der Waals surface area contributed by atoms with Crippen LogP contribution in [0.5, 0.6) is 0 Å². The van der Waals surface area contributed by atoms with E-state index in [0.29, 0.717) is 27.7 Å². The lowest BCUT2D eigenvalue weighted by atomic mass is 10.2. The fraction of sp³-hybridized carbons (Fsp3) is 0.200. The molecule has 0 fully saturated rings. The Balaban J connectivity index is 1.64. The van der Waals surface area contributed by atoms with Gasteiger partial charge in [-0.15, -0.1) is 0 Å². The van der Waals surface area contributed by atoms with Crippen molar-refractivity contribution in [3.63, 3.8) is 0 Å². The lowest BCUT2D eigenvalue weighted by molar-refractivity contribution is -0.119. The first-order chi connectivity index (χ1) is 14.0. The average Bonchev–Trinajstić information content (AvgIpc) is 3.13. The lowest BCUT2D eigenvalue weighted by Crippen LogP contribution is -2.17. The number of rotatable bonds is 8. The van der Waals surface area contributed by atoms with E-state index in [9.17, 15) is 9.59 Å². The quantitative estimate of drug-likeness (QED) is 0.545. The van der Waals surface area contributed by atoms with E-state index in [-0.39, 0.29) is 18.4 Å². The van der Waals surface area contributed by atoms with Gasteiger partial charge in [-0.1, -0.05) is 16.9 Å². The summed E-state index contributed by atoms with van der Waals surface area (Å²) in [6.45, 7) is 1.81. The molecule has 0 saturated carbocycles. The molecule has 0 radical (unpaired) electrons. The van der Waals surface area contributed by atoms with Crippen LogP contribution in [0.2, 0.25) is 0 Å². The lowest BCUT2D eigenvalue weighted by Gasteiger charge is -2.10. The Morgan fingerprint density at radius 2 is 1.86 bits per heavy atom. The molecular formula is C20H20N4O4S. The van der Waals surface area contributed by atoms with Crippen molar-refractivity contribution in [3.8, 4) is 0 Å². The van der Waals surface area contributed by atoms with Crippen LogP contribution < -0.4 is 10.6 Å². The number of nitrogens with zero attached hydrogens (tertiary/aromatic N) is 2. The van der Waals surface area contributed by atoms with E-state index in [1.165, 1.54) is 18.9 Å². The highest BCUT2D eigenvalue weighted by Gasteiger charge is 2.14. The van der Waals surface area contributed by atoms with Crippen molar-refractivity contribution in [2.75, 3.05) is 24.4 Å². The molecule has 3 rings (SSSR count). The fourth-order valence-electron chi connectivity index (χ4n) is 2.47. The van der Waals surface area contributed by atoms with Crippen LogP contribution in [0, 0.1) is 6.92 Å². The maximum absolute atomic E-state index is 12.7. The monoisotopic (exact) mass is 412 g/mol. The summed E-state index contributed by atoms with van der Waals surface area (Å²) in [5.41, 5.74) is 2.48. The molecule has 0 aliphatic heterocycles. The van der Waals surface area contributed by atoms with E-state index < -0.39 is 0 Å². The zero-order valence-electron chi connectivity index (χ0n) is 16.0. The van der Waals surface area contributed by atoms with Gasteiger partial charge in [0.05, 0.1) is 11.3 Å². The molecule has 2 heterocycles. The van der Waals surface area contributed by atoms with Gasteiger partial charge >= 0.3 is 0 Å². The molecule has 0 atom stereocenters. The Morgan fingerprint density at radius 3 is 2.52 bits per heavy atom. The molecule has 0 spiro atoms. The molecule has 3 aromatic rings. The van der Waals surface area contributed by atoms with Crippen molar-refractivity contribution < 1.29 is 18.8 Å². The number of ether oxygens (including phenoxy) is 1. The number of carbonyl (C=O) groups is 2. The SMILES string of the molecule is COCC(=O)Nc1ccc(NC(=O)c2cccnc2SCc2cc(C)on2)cc1. The number of benzene rings is 1. The maximum atomic E-state index is 12.7. The molecule has 8 nitrogen and oxygen atoms in total. The molecule has 1 aromatic carbocycles. The van der Waals surface area contributed by atoms with E-state index in [4.69, 9.17) is 9.26 Å². The molecule has 0 aliphatic rings. The summed E-state index contributed by atoms with van der Waals surface area (Å²) in [6.07, 6.45) is 1.64. The summed E-state index contributed by atoms with van der Waals surface area (Å²) in [6, 6.07) is 12.1. The molecule has 0 bridgehead atoms. The van der Waals surface area contributed by atoms with Crippen LogP contribution >= 0.6 is 11.8 Å². The summed E-state index contributed by atoms with van der Waals surface area (Å²) in [5.74, 6) is 0.767. The van der Waals surface area contributed by atoms with Gasteiger partial charge in [-0.3, -0.25) is 9.59 Å². The van der Waals surface area contributed by atoms with Gasteiger partial charge < -0.3 is 19.9 Å². The van der Waals surface area contributed by atoms with Gasteiger partial charge in [0.1, 0.15) is 17.4 Å². The molecule has 0 unspecified atom stereocenters. The number of hydrogen-bond donors (Lipinski definition) is 2. The van der Waals surface area contributed by atoms with Crippen LogP contribution in [0.1, 0.15) is 21.8 Å². The Kier molecular flexibility index (Phi) is 6.99. The first kappa shape index (κ1) is 20.6.